The van der Waals surface area contributed by atoms with E-state index in [9.17, 15) is 4.79 Å². The molecule has 0 aliphatic rings. The van der Waals surface area contributed by atoms with Gasteiger partial charge in [0.15, 0.2) is 6.04 Å². The van der Waals surface area contributed by atoms with Crippen molar-refractivity contribution in [3.8, 4) is 0 Å². The van der Waals surface area contributed by atoms with Crippen molar-refractivity contribution >= 4 is 11.7 Å². The maximum absolute atomic E-state index is 13.9. The van der Waals surface area contributed by atoms with Crippen LogP contribution in [0.3, 0.4) is 0 Å². The summed E-state index contributed by atoms with van der Waals surface area (Å²) in [7, 11) is 0. The van der Waals surface area contributed by atoms with Gasteiger partial charge in [0.25, 0.3) is 0 Å². The van der Waals surface area contributed by atoms with Gasteiger partial charge in [-0.15, -0.1) is 13.2 Å². The number of benzene rings is 3. The summed E-state index contributed by atoms with van der Waals surface area (Å²) >= 11 is 0. The number of aryl methyl sites for hydroxylation is 1. The van der Waals surface area contributed by atoms with Crippen molar-refractivity contribution in [2.24, 2.45) is 4.99 Å². The minimum atomic E-state index is -0.756. The number of hydrogen-bond acceptors (Lipinski definition) is 4. The molecule has 3 rings (SSSR count). The van der Waals surface area contributed by atoms with Crippen molar-refractivity contribution in [3.05, 3.63) is 133 Å². The molecule has 3 aromatic rings. The molecule has 0 N–H and O–H groups in total. The average molecular weight is 509 g/mol. The summed E-state index contributed by atoms with van der Waals surface area (Å²) in [6.45, 7) is 14.8. The SMILES string of the molecule is C=CCN(CC=C)C(CCc1ccccc1)C(N=C(c1ccccc1)c1ccccc1)C(=O)OC(C)(C)C. The van der Waals surface area contributed by atoms with Gasteiger partial charge < -0.3 is 4.74 Å². The van der Waals surface area contributed by atoms with Gasteiger partial charge in [0.1, 0.15) is 5.60 Å². The number of carbonyl (C=O) groups is 1. The van der Waals surface area contributed by atoms with Crippen LogP contribution < -0.4 is 0 Å². The Labute approximate surface area is 228 Å². The van der Waals surface area contributed by atoms with E-state index in [2.05, 4.69) is 30.2 Å². The van der Waals surface area contributed by atoms with Gasteiger partial charge in [-0.25, -0.2) is 4.79 Å². The number of nitrogens with zero attached hydrogens (tertiary/aromatic N) is 2. The Hall–Kier alpha value is -3.76. The molecule has 3 aromatic carbocycles. The molecule has 0 amide bonds. The summed E-state index contributed by atoms with van der Waals surface area (Å²) in [6.07, 6.45) is 5.25. The summed E-state index contributed by atoms with van der Waals surface area (Å²) in [5, 5.41) is 0. The predicted molar refractivity (Wildman–Crippen MR) is 159 cm³/mol. The average Bonchev–Trinajstić information content (AvgIpc) is 2.91. The number of esters is 1. The summed E-state index contributed by atoms with van der Waals surface area (Å²) in [5.41, 5.74) is 3.24. The van der Waals surface area contributed by atoms with Crippen molar-refractivity contribution in [1.29, 1.82) is 0 Å². The van der Waals surface area contributed by atoms with Crippen molar-refractivity contribution in [3.63, 3.8) is 0 Å². The van der Waals surface area contributed by atoms with E-state index in [1.807, 2.05) is 112 Å². The maximum atomic E-state index is 13.9. The highest BCUT2D eigenvalue weighted by Gasteiger charge is 2.35. The zero-order chi connectivity index (χ0) is 27.4. The van der Waals surface area contributed by atoms with Gasteiger partial charge in [0.05, 0.1) is 5.71 Å². The fraction of sp³-hybridized carbons (Fsp3) is 0.294. The highest BCUT2D eigenvalue weighted by Crippen LogP contribution is 2.23. The fourth-order valence-electron chi connectivity index (χ4n) is 4.48. The fourth-order valence-corrected chi connectivity index (χ4v) is 4.48. The second kappa shape index (κ2) is 14.3. The van der Waals surface area contributed by atoms with E-state index in [-0.39, 0.29) is 12.0 Å². The molecular weight excluding hydrogens is 468 g/mol. The monoisotopic (exact) mass is 508 g/mol. The van der Waals surface area contributed by atoms with E-state index < -0.39 is 11.6 Å². The molecular formula is C34H40N2O2. The lowest BCUT2D eigenvalue weighted by Gasteiger charge is -2.35. The lowest BCUT2D eigenvalue weighted by atomic mass is 9.96. The van der Waals surface area contributed by atoms with Crippen LogP contribution in [0.2, 0.25) is 0 Å². The number of ether oxygens (including phenoxy) is 1. The molecule has 198 valence electrons. The lowest BCUT2D eigenvalue weighted by molar-refractivity contribution is -0.158. The molecule has 4 nitrogen and oxygen atoms in total. The van der Waals surface area contributed by atoms with Crippen LogP contribution in [-0.2, 0) is 16.0 Å². The summed E-state index contributed by atoms with van der Waals surface area (Å²) in [4.78, 5) is 21.4. The number of aliphatic imine (C=N–C) groups is 1. The Kier molecular flexibility index (Phi) is 10.8. The van der Waals surface area contributed by atoms with Gasteiger partial charge in [0.2, 0.25) is 0 Å². The number of rotatable bonds is 13. The smallest absolute Gasteiger partial charge is 0.333 e. The zero-order valence-electron chi connectivity index (χ0n) is 22.9. The highest BCUT2D eigenvalue weighted by atomic mass is 16.6. The van der Waals surface area contributed by atoms with Crippen LogP contribution in [0.5, 0.6) is 0 Å². The van der Waals surface area contributed by atoms with E-state index in [1.54, 1.807) is 0 Å². The topological polar surface area (TPSA) is 41.9 Å². The first-order chi connectivity index (χ1) is 18.3. The Bertz CT molecular complexity index is 1130. The summed E-state index contributed by atoms with van der Waals surface area (Å²) < 4.78 is 5.99. The molecule has 2 unspecified atom stereocenters. The maximum Gasteiger partial charge on any atom is 0.333 e. The Balaban J connectivity index is 2.17. The quantitative estimate of drug-likeness (QED) is 0.143. The van der Waals surface area contributed by atoms with Crippen LogP contribution >= 0.6 is 0 Å². The molecule has 0 heterocycles. The largest absolute Gasteiger partial charge is 0.458 e. The molecule has 0 fully saturated rings. The summed E-state index contributed by atoms with van der Waals surface area (Å²) in [6, 6.07) is 29.4. The molecule has 0 aliphatic heterocycles. The normalized spacial score (nSPS) is 12.8. The van der Waals surface area contributed by atoms with Crippen molar-refractivity contribution in [2.75, 3.05) is 13.1 Å². The van der Waals surface area contributed by atoms with Crippen LogP contribution in [0.4, 0.5) is 0 Å². The highest BCUT2D eigenvalue weighted by molar-refractivity contribution is 6.13. The standard InChI is InChI=1S/C34H40N2O2/c1-6-25-36(26-7-2)30(24-23-27-17-11-8-12-18-27)32(33(37)38-34(3,4)5)35-31(28-19-13-9-14-20-28)29-21-15-10-16-22-29/h6-22,30,32H,1-2,23-26H2,3-5H3. The second-order valence-electron chi connectivity index (χ2n) is 10.3. The second-order valence-corrected chi connectivity index (χ2v) is 10.3. The van der Waals surface area contributed by atoms with E-state index >= 15 is 0 Å². The molecule has 0 bridgehead atoms. The Morgan fingerprint density at radius 1 is 0.842 bits per heavy atom. The molecule has 0 saturated heterocycles. The van der Waals surface area contributed by atoms with E-state index in [4.69, 9.17) is 9.73 Å². The van der Waals surface area contributed by atoms with E-state index in [0.717, 1.165) is 29.7 Å². The molecule has 38 heavy (non-hydrogen) atoms. The molecule has 0 saturated carbocycles. The molecule has 2 atom stereocenters. The third-order valence-electron chi connectivity index (χ3n) is 6.14. The van der Waals surface area contributed by atoms with Gasteiger partial charge in [-0.2, -0.15) is 0 Å². The number of carbonyl (C=O) groups excluding carboxylic acids is 1. The first-order valence-corrected chi connectivity index (χ1v) is 13.2. The van der Waals surface area contributed by atoms with Crippen LogP contribution in [0.1, 0.15) is 43.9 Å². The molecule has 0 radical (unpaired) electrons. The van der Waals surface area contributed by atoms with Crippen molar-refractivity contribution < 1.29 is 9.53 Å². The third kappa shape index (κ3) is 8.67. The molecule has 4 heteroatoms. The third-order valence-corrected chi connectivity index (χ3v) is 6.14. The van der Waals surface area contributed by atoms with Crippen LogP contribution in [-0.4, -0.2) is 47.4 Å². The van der Waals surface area contributed by atoms with E-state index in [1.165, 1.54) is 5.56 Å². The predicted octanol–water partition coefficient (Wildman–Crippen LogP) is 6.91. The molecule has 0 spiro atoms. The first kappa shape index (κ1) is 28.8. The van der Waals surface area contributed by atoms with Gasteiger partial charge in [-0.3, -0.25) is 9.89 Å². The van der Waals surface area contributed by atoms with E-state index in [0.29, 0.717) is 13.1 Å². The summed E-state index contributed by atoms with van der Waals surface area (Å²) in [5.74, 6) is -0.335. The van der Waals surface area contributed by atoms with Gasteiger partial charge in [0, 0.05) is 30.3 Å². The van der Waals surface area contributed by atoms with Crippen molar-refractivity contribution in [1.82, 2.24) is 4.90 Å². The van der Waals surface area contributed by atoms with Crippen LogP contribution in [0, 0.1) is 0 Å². The van der Waals surface area contributed by atoms with Crippen LogP contribution in [0.15, 0.2) is 121 Å². The zero-order valence-corrected chi connectivity index (χ0v) is 22.9. The van der Waals surface area contributed by atoms with Gasteiger partial charge in [-0.1, -0.05) is 103 Å². The lowest BCUT2D eigenvalue weighted by Crippen LogP contribution is -2.49. The first-order valence-electron chi connectivity index (χ1n) is 13.2. The van der Waals surface area contributed by atoms with Crippen LogP contribution in [0.25, 0.3) is 0 Å². The molecule has 0 aliphatic carbocycles. The minimum absolute atomic E-state index is 0.233. The minimum Gasteiger partial charge on any atom is -0.458 e. The van der Waals surface area contributed by atoms with Gasteiger partial charge in [-0.05, 0) is 39.2 Å². The van der Waals surface area contributed by atoms with Crippen molar-refractivity contribution in [2.45, 2.75) is 51.3 Å². The van der Waals surface area contributed by atoms with Gasteiger partial charge >= 0.3 is 5.97 Å². The number of hydrogen-bond donors (Lipinski definition) is 0. The Morgan fingerprint density at radius 2 is 1.32 bits per heavy atom. The Morgan fingerprint density at radius 3 is 1.76 bits per heavy atom. The molecule has 0 aromatic heterocycles.